The van der Waals surface area contributed by atoms with Crippen LogP contribution < -0.4 is 4.90 Å². The molecular weight excluding hydrogens is 260 g/mol. The Balaban J connectivity index is 1.81. The Kier molecular flexibility index (Phi) is 2.59. The monoisotopic (exact) mass is 280 g/mol. The lowest BCUT2D eigenvalue weighted by molar-refractivity contribution is 0.548. The van der Waals surface area contributed by atoms with Gasteiger partial charge in [0.2, 0.25) is 0 Å². The van der Waals surface area contributed by atoms with Crippen molar-refractivity contribution in [2.24, 2.45) is 0 Å². The van der Waals surface area contributed by atoms with Crippen molar-refractivity contribution < 1.29 is 0 Å². The zero-order chi connectivity index (χ0) is 14.6. The molecule has 0 saturated heterocycles. The van der Waals surface area contributed by atoms with E-state index in [4.69, 9.17) is 4.98 Å². The molecule has 2 aliphatic rings. The van der Waals surface area contributed by atoms with E-state index < -0.39 is 0 Å². The summed E-state index contributed by atoms with van der Waals surface area (Å²) in [7, 11) is 0. The second kappa shape index (κ2) is 4.26. The van der Waals surface area contributed by atoms with E-state index in [9.17, 15) is 0 Å². The van der Waals surface area contributed by atoms with Crippen LogP contribution in [-0.4, -0.2) is 27.5 Å². The summed E-state index contributed by atoms with van der Waals surface area (Å²) in [5.41, 5.74) is 3.47. The number of nitrogens with zero attached hydrogens (tertiary/aromatic N) is 4. The predicted octanol–water partition coefficient (Wildman–Crippen LogP) is 3.11. The smallest absolute Gasteiger partial charge is 0.161 e. The summed E-state index contributed by atoms with van der Waals surface area (Å²) in [6.07, 6.45) is 6.44. The van der Waals surface area contributed by atoms with E-state index >= 15 is 0 Å². The summed E-state index contributed by atoms with van der Waals surface area (Å²) >= 11 is 0. The average molecular weight is 280 g/mol. The molecule has 1 aliphatic carbocycles. The van der Waals surface area contributed by atoms with Gasteiger partial charge in [-0.1, -0.05) is 13.8 Å². The molecule has 3 heterocycles. The topological polar surface area (TPSA) is 41.9 Å². The van der Waals surface area contributed by atoms with Crippen LogP contribution in [0.1, 0.15) is 37.9 Å². The molecule has 0 atom stereocenters. The van der Waals surface area contributed by atoms with Gasteiger partial charge in [-0.05, 0) is 31.9 Å². The summed E-state index contributed by atoms with van der Waals surface area (Å²) in [4.78, 5) is 16.2. The molecule has 0 radical (unpaired) electrons. The molecule has 4 nitrogen and oxygen atoms in total. The Labute approximate surface area is 125 Å². The number of pyridine rings is 1. The first-order chi connectivity index (χ1) is 10.0. The van der Waals surface area contributed by atoms with Crippen molar-refractivity contribution in [1.29, 1.82) is 0 Å². The molecule has 0 N–H and O–H groups in total. The fourth-order valence-electron chi connectivity index (χ4n) is 3.17. The highest BCUT2D eigenvalue weighted by atomic mass is 15.3. The molecule has 0 amide bonds. The third-order valence-corrected chi connectivity index (χ3v) is 4.48. The van der Waals surface area contributed by atoms with Gasteiger partial charge in [0.1, 0.15) is 5.82 Å². The van der Waals surface area contributed by atoms with Gasteiger partial charge < -0.3 is 4.90 Å². The van der Waals surface area contributed by atoms with Crippen LogP contribution in [0.25, 0.3) is 11.4 Å². The van der Waals surface area contributed by atoms with Gasteiger partial charge in [-0.25, -0.2) is 9.97 Å². The number of fused-ring (bicyclic) bond motifs is 1. The zero-order valence-corrected chi connectivity index (χ0v) is 12.8. The van der Waals surface area contributed by atoms with E-state index in [1.165, 1.54) is 18.4 Å². The summed E-state index contributed by atoms with van der Waals surface area (Å²) in [5.74, 6) is 1.95. The van der Waals surface area contributed by atoms with Gasteiger partial charge in [-0.15, -0.1) is 0 Å². The van der Waals surface area contributed by atoms with Crippen molar-refractivity contribution in [3.8, 4) is 11.4 Å². The van der Waals surface area contributed by atoms with Crippen LogP contribution >= 0.6 is 0 Å². The fraction of sp³-hybridized carbons (Fsp3) is 0.471. The zero-order valence-electron chi connectivity index (χ0n) is 12.8. The standard InChI is InChI=1S/C17H20N4/c1-11-8-12(6-7-18-11)15-19-9-14-16(20-15)21(13-4-5-13)10-17(14,2)3/h6-9,13H,4-5,10H2,1-3H3. The Bertz CT molecular complexity index is 704. The van der Waals surface area contributed by atoms with Gasteiger partial charge in [0.05, 0.1) is 0 Å². The minimum Gasteiger partial charge on any atom is -0.352 e. The number of hydrogen-bond acceptors (Lipinski definition) is 4. The normalized spacial score (nSPS) is 19.7. The van der Waals surface area contributed by atoms with Gasteiger partial charge in [0.15, 0.2) is 5.82 Å². The Morgan fingerprint density at radius 1 is 1.24 bits per heavy atom. The first kappa shape index (κ1) is 12.7. The number of anilines is 1. The van der Waals surface area contributed by atoms with Gasteiger partial charge >= 0.3 is 0 Å². The van der Waals surface area contributed by atoms with E-state index in [2.05, 4.69) is 28.7 Å². The predicted molar refractivity (Wildman–Crippen MR) is 83.4 cm³/mol. The van der Waals surface area contributed by atoms with Crippen LogP contribution in [0, 0.1) is 6.92 Å². The van der Waals surface area contributed by atoms with Crippen LogP contribution in [0.3, 0.4) is 0 Å². The number of hydrogen-bond donors (Lipinski definition) is 0. The van der Waals surface area contributed by atoms with Crippen LogP contribution in [0.15, 0.2) is 24.5 Å². The SMILES string of the molecule is Cc1cc(-c2ncc3c(n2)N(C2CC2)CC3(C)C)ccn1. The molecule has 108 valence electrons. The van der Waals surface area contributed by atoms with E-state index in [0.29, 0.717) is 6.04 Å². The quantitative estimate of drug-likeness (QED) is 0.847. The van der Waals surface area contributed by atoms with Crippen LogP contribution in [0.2, 0.25) is 0 Å². The van der Waals surface area contributed by atoms with Crippen molar-refractivity contribution in [3.05, 3.63) is 35.8 Å². The molecule has 1 aliphatic heterocycles. The maximum atomic E-state index is 4.89. The van der Waals surface area contributed by atoms with Crippen molar-refractivity contribution in [1.82, 2.24) is 15.0 Å². The molecule has 0 bridgehead atoms. The van der Waals surface area contributed by atoms with Gasteiger partial charge in [-0.2, -0.15) is 0 Å². The summed E-state index contributed by atoms with van der Waals surface area (Å²) in [6.45, 7) is 7.62. The van der Waals surface area contributed by atoms with Gasteiger partial charge in [-0.3, -0.25) is 4.98 Å². The summed E-state index contributed by atoms with van der Waals surface area (Å²) in [6, 6.07) is 4.71. The average Bonchev–Trinajstić information content (AvgIpc) is 3.25. The number of aryl methyl sites for hydroxylation is 1. The molecule has 0 unspecified atom stereocenters. The van der Waals surface area contributed by atoms with Gasteiger partial charge in [0.25, 0.3) is 0 Å². The van der Waals surface area contributed by atoms with Crippen molar-refractivity contribution in [2.45, 2.75) is 45.1 Å². The molecule has 0 spiro atoms. The highest BCUT2D eigenvalue weighted by Crippen LogP contribution is 2.44. The lowest BCUT2D eigenvalue weighted by Crippen LogP contribution is -2.30. The maximum Gasteiger partial charge on any atom is 0.161 e. The molecule has 0 aromatic carbocycles. The molecule has 21 heavy (non-hydrogen) atoms. The van der Waals surface area contributed by atoms with Crippen molar-refractivity contribution in [3.63, 3.8) is 0 Å². The minimum atomic E-state index is 0.143. The lowest BCUT2D eigenvalue weighted by atomic mass is 9.89. The largest absolute Gasteiger partial charge is 0.352 e. The van der Waals surface area contributed by atoms with Crippen LogP contribution in [-0.2, 0) is 5.41 Å². The minimum absolute atomic E-state index is 0.143. The second-order valence-electron chi connectivity index (χ2n) is 6.86. The van der Waals surface area contributed by atoms with Crippen LogP contribution in [0.5, 0.6) is 0 Å². The third kappa shape index (κ3) is 2.09. The molecule has 4 rings (SSSR count). The first-order valence-corrected chi connectivity index (χ1v) is 7.62. The van der Waals surface area contributed by atoms with E-state index in [-0.39, 0.29) is 5.41 Å². The van der Waals surface area contributed by atoms with Gasteiger partial charge in [0, 0.05) is 47.2 Å². The van der Waals surface area contributed by atoms with E-state index in [1.807, 2.05) is 31.5 Å². The molecule has 2 aromatic rings. The molecular formula is C17H20N4. The van der Waals surface area contributed by atoms with Crippen molar-refractivity contribution >= 4 is 5.82 Å². The molecule has 1 fully saturated rings. The fourth-order valence-corrected chi connectivity index (χ4v) is 3.17. The number of aromatic nitrogens is 3. The summed E-state index contributed by atoms with van der Waals surface area (Å²) in [5, 5.41) is 0. The highest BCUT2D eigenvalue weighted by molar-refractivity contribution is 5.64. The molecule has 4 heteroatoms. The molecule has 2 aromatic heterocycles. The summed E-state index contributed by atoms with van der Waals surface area (Å²) < 4.78 is 0. The van der Waals surface area contributed by atoms with E-state index in [0.717, 1.165) is 29.4 Å². The highest BCUT2D eigenvalue weighted by Gasteiger charge is 2.43. The Hall–Kier alpha value is -1.97. The molecule has 1 saturated carbocycles. The third-order valence-electron chi connectivity index (χ3n) is 4.48. The Morgan fingerprint density at radius 3 is 2.76 bits per heavy atom. The first-order valence-electron chi connectivity index (χ1n) is 7.62. The lowest BCUT2D eigenvalue weighted by Gasteiger charge is -2.21. The van der Waals surface area contributed by atoms with Crippen molar-refractivity contribution in [2.75, 3.05) is 11.4 Å². The maximum absolute atomic E-state index is 4.89. The number of rotatable bonds is 2. The Morgan fingerprint density at radius 2 is 2.05 bits per heavy atom. The second-order valence-corrected chi connectivity index (χ2v) is 6.86. The van der Waals surface area contributed by atoms with E-state index in [1.54, 1.807) is 0 Å². The van der Waals surface area contributed by atoms with Crippen LogP contribution in [0.4, 0.5) is 5.82 Å².